The molecule has 0 aromatic heterocycles. The van der Waals surface area contributed by atoms with E-state index in [-0.39, 0.29) is 12.0 Å². The number of ether oxygens (including phenoxy) is 1. The largest absolute Gasteiger partial charge is 0.480 e. The van der Waals surface area contributed by atoms with E-state index < -0.39 is 12.0 Å². The standard InChI is InChI=1S/C14H21NO3/c1-14(2,3)10-5-7-11(8-6-10)15-12(9-18-4)13(16)17/h5-8,12,15H,9H2,1-4H3,(H,16,17). The maximum Gasteiger partial charge on any atom is 0.328 e. The topological polar surface area (TPSA) is 58.6 Å². The van der Waals surface area contributed by atoms with E-state index in [1.165, 1.54) is 12.7 Å². The van der Waals surface area contributed by atoms with Gasteiger partial charge in [-0.2, -0.15) is 0 Å². The molecule has 0 heterocycles. The smallest absolute Gasteiger partial charge is 0.328 e. The quantitative estimate of drug-likeness (QED) is 0.844. The molecule has 0 radical (unpaired) electrons. The Bertz CT molecular complexity index is 392. The molecule has 1 aromatic carbocycles. The molecule has 0 amide bonds. The minimum atomic E-state index is -0.920. The average Bonchev–Trinajstić information content (AvgIpc) is 2.28. The van der Waals surface area contributed by atoms with Crippen molar-refractivity contribution in [1.29, 1.82) is 0 Å². The number of nitrogens with one attached hydrogen (secondary N) is 1. The summed E-state index contributed by atoms with van der Waals surface area (Å²) in [5.41, 5.74) is 2.09. The highest BCUT2D eigenvalue weighted by molar-refractivity contribution is 5.77. The lowest BCUT2D eigenvalue weighted by Crippen LogP contribution is -2.33. The number of carboxylic acids is 1. The number of benzene rings is 1. The predicted molar refractivity (Wildman–Crippen MR) is 72.1 cm³/mol. The van der Waals surface area contributed by atoms with Gasteiger partial charge in [0.05, 0.1) is 6.61 Å². The first-order valence-electron chi connectivity index (χ1n) is 5.93. The van der Waals surface area contributed by atoms with Crippen LogP contribution in [0.25, 0.3) is 0 Å². The van der Waals surface area contributed by atoms with Crippen LogP contribution in [0.5, 0.6) is 0 Å². The molecule has 0 aliphatic rings. The number of rotatable bonds is 5. The Labute approximate surface area is 108 Å². The van der Waals surface area contributed by atoms with Crippen LogP contribution in [0, 0.1) is 0 Å². The zero-order valence-corrected chi connectivity index (χ0v) is 11.4. The van der Waals surface area contributed by atoms with E-state index in [9.17, 15) is 4.79 Å². The van der Waals surface area contributed by atoms with E-state index in [2.05, 4.69) is 26.1 Å². The molecule has 0 fully saturated rings. The van der Waals surface area contributed by atoms with Gasteiger partial charge in [0.2, 0.25) is 0 Å². The maximum atomic E-state index is 11.0. The molecule has 1 unspecified atom stereocenters. The molecule has 4 nitrogen and oxygen atoms in total. The van der Waals surface area contributed by atoms with Gasteiger partial charge in [0, 0.05) is 12.8 Å². The van der Waals surface area contributed by atoms with E-state index in [0.717, 1.165) is 5.69 Å². The molecule has 0 saturated heterocycles. The normalized spacial score (nSPS) is 13.1. The number of hydrogen-bond acceptors (Lipinski definition) is 3. The van der Waals surface area contributed by atoms with Gasteiger partial charge >= 0.3 is 5.97 Å². The summed E-state index contributed by atoms with van der Waals surface area (Å²) in [6, 6.07) is 7.08. The van der Waals surface area contributed by atoms with E-state index >= 15 is 0 Å². The van der Waals surface area contributed by atoms with Gasteiger partial charge in [-0.3, -0.25) is 0 Å². The molecule has 0 bridgehead atoms. The number of carbonyl (C=O) groups is 1. The molecule has 100 valence electrons. The number of methoxy groups -OCH3 is 1. The van der Waals surface area contributed by atoms with Crippen molar-refractivity contribution in [2.24, 2.45) is 0 Å². The summed E-state index contributed by atoms with van der Waals surface area (Å²) in [4.78, 5) is 11.0. The molecule has 1 aromatic rings. The van der Waals surface area contributed by atoms with Crippen LogP contribution in [-0.2, 0) is 14.9 Å². The Morgan fingerprint density at radius 1 is 1.33 bits per heavy atom. The van der Waals surface area contributed by atoms with Gasteiger partial charge in [-0.15, -0.1) is 0 Å². The van der Waals surface area contributed by atoms with Gasteiger partial charge in [-0.1, -0.05) is 32.9 Å². The van der Waals surface area contributed by atoms with Gasteiger partial charge in [0.15, 0.2) is 0 Å². The van der Waals surface area contributed by atoms with Crippen LogP contribution in [0.4, 0.5) is 5.69 Å². The molecule has 0 aliphatic carbocycles. The zero-order valence-electron chi connectivity index (χ0n) is 11.4. The van der Waals surface area contributed by atoms with Crippen LogP contribution in [0.2, 0.25) is 0 Å². The average molecular weight is 251 g/mol. The second kappa shape index (κ2) is 5.87. The van der Waals surface area contributed by atoms with Crippen LogP contribution in [0.3, 0.4) is 0 Å². The van der Waals surface area contributed by atoms with Crippen molar-refractivity contribution in [2.75, 3.05) is 19.0 Å². The third kappa shape index (κ3) is 4.04. The van der Waals surface area contributed by atoms with Gasteiger partial charge < -0.3 is 15.2 Å². The fourth-order valence-electron chi connectivity index (χ4n) is 1.61. The maximum absolute atomic E-state index is 11.0. The molecule has 0 aliphatic heterocycles. The van der Waals surface area contributed by atoms with Crippen LogP contribution in [0.15, 0.2) is 24.3 Å². The van der Waals surface area contributed by atoms with Crippen molar-refractivity contribution in [2.45, 2.75) is 32.2 Å². The summed E-state index contributed by atoms with van der Waals surface area (Å²) in [6.45, 7) is 6.55. The highest BCUT2D eigenvalue weighted by atomic mass is 16.5. The van der Waals surface area contributed by atoms with Gasteiger partial charge in [-0.25, -0.2) is 4.79 Å². The molecule has 1 atom stereocenters. The molecule has 2 N–H and O–H groups in total. The van der Waals surface area contributed by atoms with Gasteiger partial charge in [-0.05, 0) is 23.1 Å². The van der Waals surface area contributed by atoms with Crippen molar-refractivity contribution in [3.05, 3.63) is 29.8 Å². The van der Waals surface area contributed by atoms with E-state index in [4.69, 9.17) is 9.84 Å². The minimum absolute atomic E-state index is 0.0945. The molecule has 18 heavy (non-hydrogen) atoms. The lowest BCUT2D eigenvalue weighted by molar-refractivity contribution is -0.139. The second-order valence-corrected chi connectivity index (χ2v) is 5.32. The Kier molecular flexibility index (Phi) is 4.73. The lowest BCUT2D eigenvalue weighted by Gasteiger charge is -2.20. The summed E-state index contributed by atoms with van der Waals surface area (Å²) >= 11 is 0. The first-order chi connectivity index (χ1) is 8.34. The highest BCUT2D eigenvalue weighted by Gasteiger charge is 2.17. The van der Waals surface area contributed by atoms with Gasteiger partial charge in [0.25, 0.3) is 0 Å². The summed E-state index contributed by atoms with van der Waals surface area (Å²) in [5, 5.41) is 11.9. The van der Waals surface area contributed by atoms with Gasteiger partial charge in [0.1, 0.15) is 6.04 Å². The Morgan fingerprint density at radius 2 is 1.89 bits per heavy atom. The Morgan fingerprint density at radius 3 is 2.28 bits per heavy atom. The number of anilines is 1. The van der Waals surface area contributed by atoms with Crippen molar-refractivity contribution in [3.8, 4) is 0 Å². The summed E-state index contributed by atoms with van der Waals surface area (Å²) in [6.07, 6.45) is 0. The molecule has 4 heteroatoms. The minimum Gasteiger partial charge on any atom is -0.480 e. The Balaban J connectivity index is 2.76. The summed E-state index contributed by atoms with van der Waals surface area (Å²) in [7, 11) is 1.49. The fraction of sp³-hybridized carbons (Fsp3) is 0.500. The first kappa shape index (κ1) is 14.5. The monoisotopic (exact) mass is 251 g/mol. The molecular formula is C14H21NO3. The molecular weight excluding hydrogens is 230 g/mol. The van der Waals surface area contributed by atoms with E-state index in [1.807, 2.05) is 24.3 Å². The van der Waals surface area contributed by atoms with Crippen LogP contribution >= 0.6 is 0 Å². The second-order valence-electron chi connectivity index (χ2n) is 5.32. The summed E-state index contributed by atoms with van der Waals surface area (Å²) in [5.74, 6) is -0.920. The van der Waals surface area contributed by atoms with Crippen molar-refractivity contribution >= 4 is 11.7 Å². The predicted octanol–water partition coefficient (Wildman–Crippen LogP) is 2.50. The Hall–Kier alpha value is -1.55. The van der Waals surface area contributed by atoms with Crippen molar-refractivity contribution in [1.82, 2.24) is 0 Å². The molecule has 0 spiro atoms. The highest BCUT2D eigenvalue weighted by Crippen LogP contribution is 2.23. The van der Waals surface area contributed by atoms with Crippen LogP contribution < -0.4 is 5.32 Å². The van der Waals surface area contributed by atoms with Crippen LogP contribution in [0.1, 0.15) is 26.3 Å². The first-order valence-corrected chi connectivity index (χ1v) is 5.93. The number of aliphatic carboxylic acids is 1. The summed E-state index contributed by atoms with van der Waals surface area (Å²) < 4.78 is 4.87. The zero-order chi connectivity index (χ0) is 13.8. The third-order valence-corrected chi connectivity index (χ3v) is 2.72. The van der Waals surface area contributed by atoms with Crippen molar-refractivity contribution < 1.29 is 14.6 Å². The number of hydrogen-bond donors (Lipinski definition) is 2. The SMILES string of the molecule is COCC(Nc1ccc(C(C)(C)C)cc1)C(=O)O. The third-order valence-electron chi connectivity index (χ3n) is 2.72. The fourth-order valence-corrected chi connectivity index (χ4v) is 1.61. The van der Waals surface area contributed by atoms with E-state index in [0.29, 0.717) is 0 Å². The molecule has 0 saturated carbocycles. The molecule has 1 rings (SSSR count). The lowest BCUT2D eigenvalue weighted by atomic mass is 9.87. The number of carboxylic acid groups (broad SMARTS) is 1. The van der Waals surface area contributed by atoms with E-state index in [1.54, 1.807) is 0 Å². The van der Waals surface area contributed by atoms with Crippen molar-refractivity contribution in [3.63, 3.8) is 0 Å². The van der Waals surface area contributed by atoms with Crippen LogP contribution in [-0.4, -0.2) is 30.8 Å².